The SMILES string of the molecule is Cc1cc(N2CCCN(Cc3cscn3)CC2)nc(-c2cccc([N+](=O)[O-])c2)n1. The third-order valence-electron chi connectivity index (χ3n) is 4.94. The van der Waals surface area contributed by atoms with Gasteiger partial charge in [-0.15, -0.1) is 11.3 Å². The highest BCUT2D eigenvalue weighted by molar-refractivity contribution is 7.07. The summed E-state index contributed by atoms with van der Waals surface area (Å²) in [6, 6.07) is 8.46. The Labute approximate surface area is 173 Å². The lowest BCUT2D eigenvalue weighted by atomic mass is 10.2. The van der Waals surface area contributed by atoms with E-state index in [1.807, 2.05) is 24.6 Å². The number of nitrogens with zero attached hydrogens (tertiary/aromatic N) is 6. The number of aryl methyl sites for hydroxylation is 1. The van der Waals surface area contributed by atoms with E-state index in [-0.39, 0.29) is 5.69 Å². The summed E-state index contributed by atoms with van der Waals surface area (Å²) in [7, 11) is 0. The summed E-state index contributed by atoms with van der Waals surface area (Å²) in [5.74, 6) is 1.39. The molecule has 1 aliphatic heterocycles. The molecular formula is C20H22N6O2S. The normalized spacial score (nSPS) is 15.3. The van der Waals surface area contributed by atoms with Gasteiger partial charge in [0, 0.05) is 67.6 Å². The Kier molecular flexibility index (Phi) is 5.77. The van der Waals surface area contributed by atoms with Gasteiger partial charge in [-0.3, -0.25) is 15.0 Å². The fraction of sp³-hybridized carbons (Fsp3) is 0.350. The first-order valence-electron chi connectivity index (χ1n) is 9.53. The molecule has 0 saturated carbocycles. The number of non-ortho nitro benzene ring substituents is 1. The second-order valence-corrected chi connectivity index (χ2v) is 7.81. The first kappa shape index (κ1) is 19.4. The lowest BCUT2D eigenvalue weighted by Crippen LogP contribution is -2.31. The molecule has 0 amide bonds. The minimum absolute atomic E-state index is 0.0432. The van der Waals surface area contributed by atoms with Gasteiger partial charge in [0.2, 0.25) is 0 Å². The molecule has 0 spiro atoms. The molecule has 0 bridgehead atoms. The third kappa shape index (κ3) is 4.75. The molecule has 0 atom stereocenters. The van der Waals surface area contributed by atoms with Crippen molar-refractivity contribution in [1.29, 1.82) is 0 Å². The van der Waals surface area contributed by atoms with Crippen LogP contribution in [-0.4, -0.2) is 51.0 Å². The van der Waals surface area contributed by atoms with E-state index in [1.54, 1.807) is 17.4 Å². The van der Waals surface area contributed by atoms with Crippen LogP contribution in [0.25, 0.3) is 11.4 Å². The minimum Gasteiger partial charge on any atom is -0.355 e. The third-order valence-corrected chi connectivity index (χ3v) is 5.57. The highest BCUT2D eigenvalue weighted by atomic mass is 32.1. The molecule has 1 aromatic carbocycles. The molecule has 1 fully saturated rings. The molecule has 1 saturated heterocycles. The van der Waals surface area contributed by atoms with Crippen molar-refractivity contribution in [3.8, 4) is 11.4 Å². The van der Waals surface area contributed by atoms with Crippen molar-refractivity contribution in [3.05, 3.63) is 62.7 Å². The summed E-state index contributed by atoms with van der Waals surface area (Å²) in [5.41, 5.74) is 4.54. The fourth-order valence-electron chi connectivity index (χ4n) is 3.50. The van der Waals surface area contributed by atoms with Gasteiger partial charge in [0.25, 0.3) is 5.69 Å². The largest absolute Gasteiger partial charge is 0.355 e. The van der Waals surface area contributed by atoms with Crippen LogP contribution in [0.2, 0.25) is 0 Å². The van der Waals surface area contributed by atoms with Crippen molar-refractivity contribution in [3.63, 3.8) is 0 Å². The number of anilines is 1. The lowest BCUT2D eigenvalue weighted by molar-refractivity contribution is -0.384. The van der Waals surface area contributed by atoms with E-state index < -0.39 is 4.92 Å². The molecule has 3 aromatic rings. The highest BCUT2D eigenvalue weighted by Crippen LogP contribution is 2.24. The number of hydrogen-bond donors (Lipinski definition) is 0. The van der Waals surface area contributed by atoms with E-state index in [9.17, 15) is 10.1 Å². The van der Waals surface area contributed by atoms with Crippen molar-refractivity contribution in [1.82, 2.24) is 19.9 Å². The van der Waals surface area contributed by atoms with Crippen LogP contribution in [0, 0.1) is 17.0 Å². The molecular weight excluding hydrogens is 388 g/mol. The van der Waals surface area contributed by atoms with Crippen LogP contribution in [0.5, 0.6) is 0 Å². The molecule has 0 aliphatic carbocycles. The average Bonchev–Trinajstić information content (AvgIpc) is 3.11. The first-order valence-corrected chi connectivity index (χ1v) is 10.5. The molecule has 3 heterocycles. The van der Waals surface area contributed by atoms with Crippen molar-refractivity contribution >= 4 is 22.8 Å². The van der Waals surface area contributed by atoms with Gasteiger partial charge in [-0.2, -0.15) is 0 Å². The molecule has 1 aliphatic rings. The van der Waals surface area contributed by atoms with Crippen LogP contribution in [0.3, 0.4) is 0 Å². The lowest BCUT2D eigenvalue weighted by Gasteiger charge is -2.23. The maximum atomic E-state index is 11.1. The zero-order valence-corrected chi connectivity index (χ0v) is 17.0. The number of nitro groups is 1. The minimum atomic E-state index is -0.397. The second kappa shape index (κ2) is 8.62. The van der Waals surface area contributed by atoms with E-state index >= 15 is 0 Å². The standard InChI is InChI=1S/C20H22N6O2S/c1-15-10-19(23-20(22-15)16-4-2-5-18(11-16)26(27)28)25-7-3-6-24(8-9-25)12-17-13-29-14-21-17/h2,4-5,10-11,13-14H,3,6-9,12H2,1H3. The first-order chi connectivity index (χ1) is 14.1. The monoisotopic (exact) mass is 410 g/mol. The Bertz CT molecular complexity index is 994. The Balaban J connectivity index is 1.53. The van der Waals surface area contributed by atoms with Gasteiger partial charge >= 0.3 is 0 Å². The van der Waals surface area contributed by atoms with E-state index in [0.717, 1.165) is 56.4 Å². The van der Waals surface area contributed by atoms with Gasteiger partial charge in [0.1, 0.15) is 5.82 Å². The molecule has 9 heteroatoms. The molecule has 150 valence electrons. The Morgan fingerprint density at radius 2 is 2.07 bits per heavy atom. The number of rotatable bonds is 5. The van der Waals surface area contributed by atoms with E-state index in [1.165, 1.54) is 12.1 Å². The van der Waals surface area contributed by atoms with Gasteiger partial charge in [-0.05, 0) is 13.3 Å². The number of nitro benzene ring substituents is 1. The average molecular weight is 411 g/mol. The van der Waals surface area contributed by atoms with Crippen LogP contribution in [0.1, 0.15) is 17.8 Å². The number of hydrogen-bond acceptors (Lipinski definition) is 8. The quantitative estimate of drug-likeness (QED) is 0.470. The summed E-state index contributed by atoms with van der Waals surface area (Å²) >= 11 is 1.63. The van der Waals surface area contributed by atoms with Gasteiger partial charge in [0.05, 0.1) is 16.1 Å². The summed E-state index contributed by atoms with van der Waals surface area (Å²) in [4.78, 5) is 29.0. The Morgan fingerprint density at radius 3 is 2.86 bits per heavy atom. The maximum absolute atomic E-state index is 11.1. The molecule has 2 aromatic heterocycles. The van der Waals surface area contributed by atoms with Gasteiger partial charge < -0.3 is 4.90 Å². The van der Waals surface area contributed by atoms with Crippen LogP contribution < -0.4 is 4.90 Å². The van der Waals surface area contributed by atoms with Crippen LogP contribution in [-0.2, 0) is 6.54 Å². The van der Waals surface area contributed by atoms with Crippen molar-refractivity contribution in [2.45, 2.75) is 19.9 Å². The zero-order chi connectivity index (χ0) is 20.2. The van der Waals surface area contributed by atoms with Crippen molar-refractivity contribution < 1.29 is 4.92 Å². The molecule has 0 unspecified atom stereocenters. The summed E-state index contributed by atoms with van der Waals surface area (Å²) in [6.45, 7) is 6.55. The predicted octanol–water partition coefficient (Wildman–Crippen LogP) is 3.53. The zero-order valence-electron chi connectivity index (χ0n) is 16.2. The molecule has 4 rings (SSSR count). The molecule has 8 nitrogen and oxygen atoms in total. The molecule has 29 heavy (non-hydrogen) atoms. The van der Waals surface area contributed by atoms with E-state index in [2.05, 4.69) is 25.1 Å². The topological polar surface area (TPSA) is 88.3 Å². The smallest absolute Gasteiger partial charge is 0.270 e. The predicted molar refractivity (Wildman–Crippen MR) is 113 cm³/mol. The Hall–Kier alpha value is -2.91. The van der Waals surface area contributed by atoms with Gasteiger partial charge in [-0.25, -0.2) is 15.0 Å². The molecule has 0 radical (unpaired) electrons. The number of benzene rings is 1. The Morgan fingerprint density at radius 1 is 1.17 bits per heavy atom. The molecule has 0 N–H and O–H groups in total. The highest BCUT2D eigenvalue weighted by Gasteiger charge is 2.18. The van der Waals surface area contributed by atoms with E-state index in [4.69, 9.17) is 4.98 Å². The van der Waals surface area contributed by atoms with Gasteiger partial charge in [-0.1, -0.05) is 12.1 Å². The fourth-order valence-corrected chi connectivity index (χ4v) is 4.05. The van der Waals surface area contributed by atoms with Crippen LogP contribution in [0.4, 0.5) is 11.5 Å². The summed E-state index contributed by atoms with van der Waals surface area (Å²) in [5, 5.41) is 13.2. The van der Waals surface area contributed by atoms with E-state index in [0.29, 0.717) is 11.4 Å². The number of thiazole rings is 1. The van der Waals surface area contributed by atoms with Crippen LogP contribution in [0.15, 0.2) is 41.2 Å². The van der Waals surface area contributed by atoms with Crippen molar-refractivity contribution in [2.75, 3.05) is 31.1 Å². The second-order valence-electron chi connectivity index (χ2n) is 7.10. The summed E-state index contributed by atoms with van der Waals surface area (Å²) in [6.07, 6.45) is 1.04. The summed E-state index contributed by atoms with van der Waals surface area (Å²) < 4.78 is 0. The van der Waals surface area contributed by atoms with Crippen molar-refractivity contribution in [2.24, 2.45) is 0 Å². The maximum Gasteiger partial charge on any atom is 0.270 e. The number of aromatic nitrogens is 3. The van der Waals surface area contributed by atoms with Crippen LogP contribution >= 0.6 is 11.3 Å². The van der Waals surface area contributed by atoms with Gasteiger partial charge in [0.15, 0.2) is 5.82 Å².